The molecule has 0 aliphatic rings. The normalized spacial score (nSPS) is 11.2. The van der Waals surface area contributed by atoms with Crippen molar-refractivity contribution in [3.63, 3.8) is 0 Å². The smallest absolute Gasteiger partial charge is 0.548 e. The number of hydrogen-bond donors (Lipinski definition) is 1. The number of rotatable bonds is 4. The Bertz CT molecular complexity index is 165. The zero-order valence-corrected chi connectivity index (χ0v) is 10.2. The molecule has 0 fully saturated rings. The van der Waals surface area contributed by atoms with E-state index in [2.05, 4.69) is 5.32 Å². The third kappa shape index (κ3) is 6.97. The number of carboxylic acid groups (broad SMARTS) is 1. The van der Waals surface area contributed by atoms with Crippen LogP contribution in [0.25, 0.3) is 0 Å². The van der Waals surface area contributed by atoms with E-state index in [1.165, 1.54) is 18.7 Å². The maximum Gasteiger partial charge on any atom is 1.00 e. The second-order valence-electron chi connectivity index (χ2n) is 2.03. The number of carbonyl (C=O) groups excluding carboxylic acids is 2. The van der Waals surface area contributed by atoms with Crippen molar-refractivity contribution in [3.8, 4) is 0 Å². The average molecular weight is 199 g/mol. The van der Waals surface area contributed by atoms with E-state index in [-0.39, 0.29) is 35.5 Å². The van der Waals surface area contributed by atoms with E-state index in [1.807, 2.05) is 0 Å². The van der Waals surface area contributed by atoms with Gasteiger partial charge in [0.2, 0.25) is 5.91 Å². The fraction of sp³-hybridized carbons (Fsp3) is 0.667. The maximum atomic E-state index is 10.4. The molecule has 0 heterocycles. The molecule has 0 radical (unpaired) electrons. The first kappa shape index (κ1) is 14.8. The molecule has 0 saturated heterocycles. The van der Waals surface area contributed by atoms with Crippen molar-refractivity contribution in [3.05, 3.63) is 0 Å². The van der Waals surface area contributed by atoms with Crippen LogP contribution >= 0.6 is 11.8 Å². The van der Waals surface area contributed by atoms with E-state index >= 15 is 0 Å². The number of nitrogens with one attached hydrogen (secondary N) is 1. The molecule has 0 bridgehead atoms. The molecule has 0 aliphatic heterocycles. The topological polar surface area (TPSA) is 69.2 Å². The van der Waals surface area contributed by atoms with Crippen LogP contribution in [0.1, 0.15) is 6.92 Å². The quantitative estimate of drug-likeness (QED) is 0.464. The molecule has 0 unspecified atom stereocenters. The van der Waals surface area contributed by atoms with Gasteiger partial charge in [-0.3, -0.25) is 4.79 Å². The molecule has 0 rings (SSSR count). The van der Waals surface area contributed by atoms with Crippen LogP contribution < -0.4 is 40.0 Å². The standard InChI is InChI=1S/C6H11NO3S.Na/c1-4(8)7-5(3-11-2)6(9)10;/h5H,3H2,1-2H3,(H,7,8)(H,9,10);/q;+1/p-1/t5-;/m0./s1. The number of carbonyl (C=O) groups is 2. The molecule has 0 aromatic rings. The van der Waals surface area contributed by atoms with Crippen molar-refractivity contribution >= 4 is 23.6 Å². The molecule has 0 aromatic carbocycles. The summed E-state index contributed by atoms with van der Waals surface area (Å²) < 4.78 is 0. The van der Waals surface area contributed by atoms with Crippen LogP contribution in [0.2, 0.25) is 0 Å². The van der Waals surface area contributed by atoms with E-state index in [1.54, 1.807) is 6.26 Å². The third-order valence-electron chi connectivity index (χ3n) is 0.995. The van der Waals surface area contributed by atoms with Crippen LogP contribution in [0.15, 0.2) is 0 Å². The van der Waals surface area contributed by atoms with Gasteiger partial charge in [-0.2, -0.15) is 11.8 Å². The van der Waals surface area contributed by atoms with Gasteiger partial charge in [0, 0.05) is 12.7 Å². The van der Waals surface area contributed by atoms with Crippen molar-refractivity contribution in [2.24, 2.45) is 0 Å². The number of hydrogen-bond acceptors (Lipinski definition) is 4. The van der Waals surface area contributed by atoms with E-state index in [9.17, 15) is 14.7 Å². The van der Waals surface area contributed by atoms with Crippen LogP contribution in [0.4, 0.5) is 0 Å². The minimum Gasteiger partial charge on any atom is -0.548 e. The van der Waals surface area contributed by atoms with Gasteiger partial charge in [-0.05, 0) is 6.26 Å². The molecule has 1 atom stereocenters. The third-order valence-corrected chi connectivity index (χ3v) is 1.66. The maximum absolute atomic E-state index is 10.4. The molecule has 0 aliphatic carbocycles. The van der Waals surface area contributed by atoms with Crippen LogP contribution in [-0.2, 0) is 9.59 Å². The van der Waals surface area contributed by atoms with Gasteiger partial charge in [0.15, 0.2) is 0 Å². The fourth-order valence-corrected chi connectivity index (χ4v) is 1.13. The summed E-state index contributed by atoms with van der Waals surface area (Å²) in [6.45, 7) is 1.27. The SMILES string of the molecule is CSC[C@H](NC(C)=O)C(=O)[O-].[Na+]. The minimum atomic E-state index is -1.24. The summed E-state index contributed by atoms with van der Waals surface area (Å²) in [5.41, 5.74) is 0. The molecule has 12 heavy (non-hydrogen) atoms. The van der Waals surface area contributed by atoms with Gasteiger partial charge in [0.1, 0.15) is 0 Å². The first-order chi connectivity index (χ1) is 5.07. The molecule has 64 valence electrons. The number of amides is 1. The van der Waals surface area contributed by atoms with Crippen molar-refractivity contribution in [2.75, 3.05) is 12.0 Å². The average Bonchev–Trinajstić information content (AvgIpc) is 1.86. The summed E-state index contributed by atoms with van der Waals surface area (Å²) in [6, 6.07) is -0.873. The molecule has 1 N–H and O–H groups in total. The van der Waals surface area contributed by atoms with Gasteiger partial charge in [0.05, 0.1) is 12.0 Å². The Morgan fingerprint density at radius 2 is 2.08 bits per heavy atom. The number of aliphatic carboxylic acids is 1. The first-order valence-electron chi connectivity index (χ1n) is 3.04. The molecule has 4 nitrogen and oxygen atoms in total. The summed E-state index contributed by atoms with van der Waals surface area (Å²) in [5, 5.41) is 12.5. The predicted octanol–water partition coefficient (Wildman–Crippen LogP) is -4.39. The zero-order chi connectivity index (χ0) is 8.85. The predicted molar refractivity (Wildman–Crippen MR) is 41.0 cm³/mol. The largest absolute Gasteiger partial charge is 1.00 e. The Kier molecular flexibility index (Phi) is 9.76. The van der Waals surface area contributed by atoms with Crippen molar-refractivity contribution in [1.29, 1.82) is 0 Å². The summed E-state index contributed by atoms with van der Waals surface area (Å²) in [4.78, 5) is 20.7. The molecule has 0 saturated carbocycles. The minimum absolute atomic E-state index is 0. The molecule has 6 heteroatoms. The monoisotopic (exact) mass is 199 g/mol. The van der Waals surface area contributed by atoms with Gasteiger partial charge >= 0.3 is 29.6 Å². The molecular formula is C6H10NNaO3S. The fourth-order valence-electron chi connectivity index (χ4n) is 0.581. The van der Waals surface area contributed by atoms with E-state index in [4.69, 9.17) is 0 Å². The Morgan fingerprint density at radius 3 is 2.33 bits per heavy atom. The van der Waals surface area contributed by atoms with Crippen LogP contribution in [-0.4, -0.2) is 29.9 Å². The van der Waals surface area contributed by atoms with Crippen LogP contribution in [0.5, 0.6) is 0 Å². The second-order valence-corrected chi connectivity index (χ2v) is 2.94. The summed E-state index contributed by atoms with van der Waals surface area (Å²) in [5.74, 6) is -1.26. The van der Waals surface area contributed by atoms with E-state index < -0.39 is 12.0 Å². The summed E-state index contributed by atoms with van der Waals surface area (Å²) in [7, 11) is 0. The Morgan fingerprint density at radius 1 is 1.58 bits per heavy atom. The summed E-state index contributed by atoms with van der Waals surface area (Å²) in [6.07, 6.45) is 1.76. The molecule has 1 amide bonds. The first-order valence-corrected chi connectivity index (χ1v) is 4.44. The number of carboxylic acids is 1. The molecular weight excluding hydrogens is 189 g/mol. The Balaban J connectivity index is 0. The van der Waals surface area contributed by atoms with Crippen LogP contribution in [0.3, 0.4) is 0 Å². The number of thioether (sulfide) groups is 1. The second kappa shape index (κ2) is 7.91. The van der Waals surface area contributed by atoms with Crippen LogP contribution in [0, 0.1) is 0 Å². The van der Waals surface area contributed by atoms with Gasteiger partial charge in [0.25, 0.3) is 0 Å². The van der Waals surface area contributed by atoms with Gasteiger partial charge in [-0.15, -0.1) is 0 Å². The van der Waals surface area contributed by atoms with Crippen molar-refractivity contribution < 1.29 is 44.3 Å². The van der Waals surface area contributed by atoms with Gasteiger partial charge in [-0.1, -0.05) is 0 Å². The molecule has 0 aromatic heterocycles. The Hall–Kier alpha value is 0.290. The Labute approximate surface area is 97.8 Å². The van der Waals surface area contributed by atoms with Gasteiger partial charge in [-0.25, -0.2) is 0 Å². The zero-order valence-electron chi connectivity index (χ0n) is 7.42. The van der Waals surface area contributed by atoms with E-state index in [0.717, 1.165) is 0 Å². The van der Waals surface area contributed by atoms with Crippen molar-refractivity contribution in [1.82, 2.24) is 5.32 Å². The van der Waals surface area contributed by atoms with Crippen molar-refractivity contribution in [2.45, 2.75) is 13.0 Å². The van der Waals surface area contributed by atoms with Gasteiger partial charge < -0.3 is 15.2 Å². The van der Waals surface area contributed by atoms with E-state index in [0.29, 0.717) is 5.75 Å². The summed E-state index contributed by atoms with van der Waals surface area (Å²) >= 11 is 1.34. The molecule has 0 spiro atoms.